The summed E-state index contributed by atoms with van der Waals surface area (Å²) >= 11 is 0. The molecule has 0 aliphatic carbocycles. The molecule has 0 spiro atoms. The van der Waals surface area contributed by atoms with Crippen LogP contribution < -0.4 is 15.5 Å². The Labute approximate surface area is 161 Å². The van der Waals surface area contributed by atoms with Gasteiger partial charge < -0.3 is 20.3 Å². The lowest BCUT2D eigenvalue weighted by molar-refractivity contribution is 0.180. The summed E-state index contributed by atoms with van der Waals surface area (Å²) in [7, 11) is 1.77. The molecule has 1 saturated heterocycles. The van der Waals surface area contributed by atoms with Crippen molar-refractivity contribution in [3.05, 3.63) is 35.5 Å². The molecule has 2 N–H and O–H groups in total. The highest BCUT2D eigenvalue weighted by molar-refractivity contribution is 5.67. The standard InChI is InChI=1S/C21H29N5O/c1-3-5-16-13-20(26-11-4-6-18(26)14-27-2)25-21(23-16)24-17-8-7-15-9-10-22-19(15)12-17/h7-8,12-13,18,22H,3-6,9-11,14H2,1-2H3,(H,23,24,25)/t18-/m0/s1. The second-order valence-electron chi connectivity index (χ2n) is 7.41. The van der Waals surface area contributed by atoms with Crippen LogP contribution in [0.15, 0.2) is 24.3 Å². The number of rotatable bonds is 7. The van der Waals surface area contributed by atoms with E-state index < -0.39 is 0 Å². The van der Waals surface area contributed by atoms with Gasteiger partial charge in [-0.15, -0.1) is 0 Å². The Hall–Kier alpha value is -2.34. The van der Waals surface area contributed by atoms with Gasteiger partial charge in [0.05, 0.1) is 12.6 Å². The van der Waals surface area contributed by atoms with Gasteiger partial charge >= 0.3 is 0 Å². The quantitative estimate of drug-likeness (QED) is 0.777. The molecule has 2 aromatic rings. The number of aromatic nitrogens is 2. The Bertz CT molecular complexity index is 794. The maximum Gasteiger partial charge on any atom is 0.229 e. The Morgan fingerprint density at radius 2 is 2.22 bits per heavy atom. The Morgan fingerprint density at radius 3 is 3.07 bits per heavy atom. The van der Waals surface area contributed by atoms with E-state index in [0.717, 1.165) is 62.6 Å². The SMILES string of the molecule is CCCc1cc(N2CCC[C@H]2COC)nc(Nc2ccc3c(c2)NCC3)n1. The molecule has 4 rings (SSSR count). The van der Waals surface area contributed by atoms with Crippen molar-refractivity contribution in [1.82, 2.24) is 9.97 Å². The minimum atomic E-state index is 0.399. The Morgan fingerprint density at radius 1 is 1.30 bits per heavy atom. The zero-order valence-electron chi connectivity index (χ0n) is 16.3. The molecule has 0 radical (unpaired) electrons. The first-order valence-electron chi connectivity index (χ1n) is 10.0. The first-order chi connectivity index (χ1) is 13.3. The van der Waals surface area contributed by atoms with Crippen LogP contribution in [0.2, 0.25) is 0 Å². The number of nitrogens with zero attached hydrogens (tertiary/aromatic N) is 3. The molecule has 1 atom stereocenters. The van der Waals surface area contributed by atoms with E-state index in [9.17, 15) is 0 Å². The molecule has 1 aromatic heterocycles. The lowest BCUT2D eigenvalue weighted by Gasteiger charge is -2.26. The molecular formula is C21H29N5O. The highest BCUT2D eigenvalue weighted by Gasteiger charge is 2.26. The fourth-order valence-electron chi connectivity index (χ4n) is 4.07. The van der Waals surface area contributed by atoms with Crippen molar-refractivity contribution in [3.8, 4) is 0 Å². The van der Waals surface area contributed by atoms with E-state index in [1.807, 2.05) is 0 Å². The van der Waals surface area contributed by atoms with Gasteiger partial charge in [0.25, 0.3) is 0 Å². The van der Waals surface area contributed by atoms with Gasteiger partial charge in [-0.25, -0.2) is 4.98 Å². The number of methoxy groups -OCH3 is 1. The number of nitrogens with one attached hydrogen (secondary N) is 2. The molecule has 0 unspecified atom stereocenters. The zero-order valence-corrected chi connectivity index (χ0v) is 16.3. The van der Waals surface area contributed by atoms with E-state index >= 15 is 0 Å². The van der Waals surface area contributed by atoms with Crippen molar-refractivity contribution in [2.45, 2.75) is 45.1 Å². The summed E-state index contributed by atoms with van der Waals surface area (Å²) in [5.41, 5.74) is 4.70. The number of fused-ring (bicyclic) bond motifs is 1. The van der Waals surface area contributed by atoms with Gasteiger partial charge in [-0.3, -0.25) is 0 Å². The highest BCUT2D eigenvalue weighted by Crippen LogP contribution is 2.29. The number of anilines is 4. The largest absolute Gasteiger partial charge is 0.384 e. The predicted molar refractivity (Wildman–Crippen MR) is 110 cm³/mol. The first-order valence-corrected chi connectivity index (χ1v) is 10.0. The number of hydrogen-bond donors (Lipinski definition) is 2. The molecule has 3 heterocycles. The van der Waals surface area contributed by atoms with Crippen LogP contribution in [-0.4, -0.2) is 42.8 Å². The van der Waals surface area contributed by atoms with Gasteiger partial charge in [-0.05, 0) is 43.4 Å². The zero-order chi connectivity index (χ0) is 18.6. The minimum absolute atomic E-state index is 0.399. The summed E-state index contributed by atoms with van der Waals surface area (Å²) < 4.78 is 5.42. The Balaban J connectivity index is 1.61. The molecule has 2 aliphatic heterocycles. The van der Waals surface area contributed by atoms with E-state index in [4.69, 9.17) is 14.7 Å². The summed E-state index contributed by atoms with van der Waals surface area (Å²) in [6.07, 6.45) is 5.46. The number of hydrogen-bond acceptors (Lipinski definition) is 6. The average Bonchev–Trinajstić information content (AvgIpc) is 3.31. The van der Waals surface area contributed by atoms with Crippen LogP contribution in [0.25, 0.3) is 0 Å². The first kappa shape index (κ1) is 18.0. The fourth-order valence-corrected chi connectivity index (χ4v) is 4.07. The van der Waals surface area contributed by atoms with Crippen LogP contribution in [0.4, 0.5) is 23.1 Å². The maximum absolute atomic E-state index is 5.42. The number of ether oxygens (including phenoxy) is 1. The third-order valence-corrected chi connectivity index (χ3v) is 5.38. The fraction of sp³-hybridized carbons (Fsp3) is 0.524. The summed E-state index contributed by atoms with van der Waals surface area (Å²) in [5, 5.41) is 6.85. The van der Waals surface area contributed by atoms with Crippen LogP contribution in [0.5, 0.6) is 0 Å². The number of aryl methyl sites for hydroxylation is 1. The third-order valence-electron chi connectivity index (χ3n) is 5.38. The van der Waals surface area contributed by atoms with Crippen molar-refractivity contribution in [2.24, 2.45) is 0 Å². The molecule has 6 nitrogen and oxygen atoms in total. The van der Waals surface area contributed by atoms with E-state index in [1.54, 1.807) is 7.11 Å². The van der Waals surface area contributed by atoms with Crippen molar-refractivity contribution in [2.75, 3.05) is 42.3 Å². The average molecular weight is 367 g/mol. The summed E-state index contributed by atoms with van der Waals surface area (Å²) in [4.78, 5) is 12.0. The molecule has 0 bridgehead atoms. The lowest BCUT2D eigenvalue weighted by atomic mass is 10.1. The summed E-state index contributed by atoms with van der Waals surface area (Å²) in [6, 6.07) is 9.00. The number of benzene rings is 1. The Kier molecular flexibility index (Phi) is 5.43. The van der Waals surface area contributed by atoms with Crippen molar-refractivity contribution >= 4 is 23.1 Å². The van der Waals surface area contributed by atoms with Crippen molar-refractivity contribution in [1.29, 1.82) is 0 Å². The minimum Gasteiger partial charge on any atom is -0.384 e. The smallest absolute Gasteiger partial charge is 0.229 e. The molecule has 27 heavy (non-hydrogen) atoms. The van der Waals surface area contributed by atoms with Crippen LogP contribution >= 0.6 is 0 Å². The molecule has 1 aromatic carbocycles. The van der Waals surface area contributed by atoms with Gasteiger partial charge in [-0.2, -0.15) is 4.98 Å². The van der Waals surface area contributed by atoms with Gasteiger partial charge in [-0.1, -0.05) is 19.4 Å². The van der Waals surface area contributed by atoms with E-state index in [2.05, 4.69) is 46.7 Å². The maximum atomic E-state index is 5.42. The van der Waals surface area contributed by atoms with E-state index in [1.165, 1.54) is 17.7 Å². The predicted octanol–water partition coefficient (Wildman–Crippen LogP) is 3.76. The normalized spacial score (nSPS) is 18.4. The molecule has 0 amide bonds. The summed E-state index contributed by atoms with van der Waals surface area (Å²) in [6.45, 7) is 4.97. The molecule has 6 heteroatoms. The topological polar surface area (TPSA) is 62.3 Å². The van der Waals surface area contributed by atoms with E-state index in [0.29, 0.717) is 12.0 Å². The van der Waals surface area contributed by atoms with Crippen molar-refractivity contribution < 1.29 is 4.74 Å². The summed E-state index contributed by atoms with van der Waals surface area (Å²) in [5.74, 6) is 1.69. The second kappa shape index (κ2) is 8.13. The van der Waals surface area contributed by atoms with Crippen molar-refractivity contribution in [3.63, 3.8) is 0 Å². The van der Waals surface area contributed by atoms with Gasteiger partial charge in [0, 0.05) is 43.3 Å². The lowest BCUT2D eigenvalue weighted by Crippen LogP contribution is -2.33. The molecule has 144 valence electrons. The van der Waals surface area contributed by atoms with E-state index in [-0.39, 0.29) is 0 Å². The molecule has 2 aliphatic rings. The highest BCUT2D eigenvalue weighted by atomic mass is 16.5. The van der Waals surface area contributed by atoms with Crippen LogP contribution in [0.1, 0.15) is 37.4 Å². The van der Waals surface area contributed by atoms with Gasteiger partial charge in [0.15, 0.2) is 0 Å². The second-order valence-corrected chi connectivity index (χ2v) is 7.41. The van der Waals surface area contributed by atoms with Gasteiger partial charge in [0.2, 0.25) is 5.95 Å². The van der Waals surface area contributed by atoms with Crippen LogP contribution in [0.3, 0.4) is 0 Å². The van der Waals surface area contributed by atoms with Crippen LogP contribution in [0, 0.1) is 0 Å². The third kappa shape index (κ3) is 4.00. The van der Waals surface area contributed by atoms with Crippen LogP contribution in [-0.2, 0) is 17.6 Å². The molecule has 1 fully saturated rings. The molecule has 0 saturated carbocycles. The molecular weight excluding hydrogens is 338 g/mol. The van der Waals surface area contributed by atoms with Gasteiger partial charge in [0.1, 0.15) is 5.82 Å². The monoisotopic (exact) mass is 367 g/mol.